The van der Waals surface area contributed by atoms with Gasteiger partial charge in [0.1, 0.15) is 5.78 Å². The number of hydrogen-bond acceptors (Lipinski definition) is 3. The molecule has 0 rings (SSSR count). The Kier molecular flexibility index (Phi) is 13.3. The Bertz CT molecular complexity index is 244. The summed E-state index contributed by atoms with van der Waals surface area (Å²) in [5.74, 6) is 0.559. The van der Waals surface area contributed by atoms with Crippen molar-refractivity contribution in [1.29, 1.82) is 0 Å². The zero-order valence-corrected chi connectivity index (χ0v) is 14.8. The molecule has 0 saturated heterocycles. The molecule has 0 aromatic rings. The summed E-state index contributed by atoms with van der Waals surface area (Å²) in [6.07, 6.45) is 0. The number of nitrogens with zero attached hydrogens (tertiary/aromatic N) is 1. The maximum atomic E-state index is 11.4. The predicted octanol–water partition coefficient (Wildman–Crippen LogP) is 2.53. The molecule has 0 aliphatic rings. The van der Waals surface area contributed by atoms with Crippen molar-refractivity contribution >= 4 is 5.78 Å². The first-order valence-electron chi connectivity index (χ1n) is 5.93. The van der Waals surface area contributed by atoms with Gasteiger partial charge in [0.2, 0.25) is 0 Å². The Balaban J connectivity index is -0.00000112. The molecule has 18 heavy (non-hydrogen) atoms. The van der Waals surface area contributed by atoms with Gasteiger partial charge in [-0.25, -0.2) is 0 Å². The van der Waals surface area contributed by atoms with E-state index in [4.69, 9.17) is 0 Å². The molecular formula is C14H30N2OYb. The minimum Gasteiger partial charge on any atom is -0.446 e. The van der Waals surface area contributed by atoms with Gasteiger partial charge >= 0.3 is 46.9 Å². The van der Waals surface area contributed by atoms with E-state index >= 15 is 0 Å². The fourth-order valence-corrected chi connectivity index (χ4v) is 1.84. The van der Waals surface area contributed by atoms with Crippen molar-refractivity contribution in [2.24, 2.45) is 5.92 Å². The topological polar surface area (TPSA) is 32.3 Å². The van der Waals surface area contributed by atoms with E-state index < -0.39 is 0 Å². The van der Waals surface area contributed by atoms with Crippen molar-refractivity contribution in [3.05, 3.63) is 14.5 Å². The third kappa shape index (κ3) is 6.04. The molecule has 0 heterocycles. The Labute approximate surface area is 153 Å². The van der Waals surface area contributed by atoms with E-state index in [9.17, 15) is 4.79 Å². The van der Waals surface area contributed by atoms with Crippen LogP contribution in [0.3, 0.4) is 0 Å². The average Bonchev–Trinajstić information content (AvgIpc) is 2.24. The van der Waals surface area contributed by atoms with Crippen LogP contribution in [0.4, 0.5) is 0 Å². The molecule has 0 aromatic heterocycles. The third-order valence-corrected chi connectivity index (χ3v) is 4.12. The summed E-state index contributed by atoms with van der Waals surface area (Å²) < 4.78 is 0. The molecule has 0 bridgehead atoms. The molecular weight excluding hydrogens is 385 g/mol. The zero-order chi connectivity index (χ0) is 13.1. The molecule has 0 aliphatic heterocycles. The molecule has 0 amide bonds. The van der Waals surface area contributed by atoms with Gasteiger partial charge < -0.3 is 17.6 Å². The van der Waals surface area contributed by atoms with Crippen molar-refractivity contribution < 1.29 is 51.7 Å². The molecule has 1 N–H and O–H groups in total. The van der Waals surface area contributed by atoms with Crippen molar-refractivity contribution in [2.75, 3.05) is 7.05 Å². The predicted molar refractivity (Wildman–Crippen MR) is 75.5 cm³/mol. The Hall–Kier alpha value is 1.11. The quantitative estimate of drug-likeness (QED) is 0.677. The van der Waals surface area contributed by atoms with Crippen molar-refractivity contribution in [1.82, 2.24) is 10.2 Å². The standard InChI is InChI=1S/C13H27N2O.CH3.Yb/c1-9(10(2)14-7)13(5,6)15(8)11(3)12(4)16;;/h9-11,14H,8H2,1-7H3;1H3;/q2*-1;+2. The van der Waals surface area contributed by atoms with E-state index in [0.717, 1.165) is 0 Å². The number of carbonyl (C=O) groups is 1. The van der Waals surface area contributed by atoms with Crippen LogP contribution in [0.2, 0.25) is 0 Å². The van der Waals surface area contributed by atoms with E-state index in [1.807, 2.05) is 18.9 Å². The summed E-state index contributed by atoms with van der Waals surface area (Å²) in [6.45, 7) is 12.1. The van der Waals surface area contributed by atoms with Gasteiger partial charge in [-0.05, 0) is 53.1 Å². The van der Waals surface area contributed by atoms with Gasteiger partial charge in [0.05, 0.1) is 0 Å². The first-order valence-corrected chi connectivity index (χ1v) is 5.93. The average molecular weight is 415 g/mol. The van der Waals surface area contributed by atoms with Gasteiger partial charge in [0, 0.05) is 12.1 Å². The Morgan fingerprint density at radius 1 is 1.28 bits per heavy atom. The number of Topliss-reactive ketones (excluding diaryl/α,β-unsaturated/α-hetero) is 1. The van der Waals surface area contributed by atoms with Gasteiger partial charge in [0.25, 0.3) is 0 Å². The van der Waals surface area contributed by atoms with Crippen LogP contribution in [0.1, 0.15) is 41.5 Å². The fraction of sp³-hybridized carbons (Fsp3) is 0.786. The van der Waals surface area contributed by atoms with Crippen LogP contribution >= 0.6 is 0 Å². The van der Waals surface area contributed by atoms with Crippen LogP contribution in [0.5, 0.6) is 0 Å². The number of carbonyl (C=O) groups excluding carboxylic acids is 1. The van der Waals surface area contributed by atoms with Gasteiger partial charge in [-0.3, -0.25) is 11.8 Å². The van der Waals surface area contributed by atoms with Crippen molar-refractivity contribution in [2.45, 2.75) is 59.2 Å². The molecule has 0 fully saturated rings. The summed E-state index contributed by atoms with van der Waals surface area (Å²) in [5.41, 5.74) is -0.118. The molecule has 3 unspecified atom stereocenters. The molecule has 0 saturated carbocycles. The number of ketones is 1. The van der Waals surface area contributed by atoms with Crippen LogP contribution in [-0.4, -0.2) is 35.4 Å². The van der Waals surface area contributed by atoms with Gasteiger partial charge in [-0.15, -0.1) is 0 Å². The molecule has 0 radical (unpaired) electrons. The minimum absolute atomic E-state index is 0. The Morgan fingerprint density at radius 2 is 1.67 bits per heavy atom. The van der Waals surface area contributed by atoms with E-state index in [1.165, 1.54) is 0 Å². The normalized spacial score (nSPS) is 16.3. The molecule has 0 spiro atoms. The second kappa shape index (κ2) is 9.93. The maximum absolute atomic E-state index is 11.4. The second-order valence-electron chi connectivity index (χ2n) is 5.28. The number of hydrogen-bond donors (Lipinski definition) is 1. The second-order valence-corrected chi connectivity index (χ2v) is 5.28. The van der Waals surface area contributed by atoms with Gasteiger partial charge in [0.15, 0.2) is 0 Å². The van der Waals surface area contributed by atoms with Crippen LogP contribution < -0.4 is 5.32 Å². The SMILES string of the molecule is [CH2-]N(C(C)C(C)=O)C(C)(C)C(C)C(C)NC.[CH3-].[Yb+2]. The minimum atomic E-state index is -0.137. The number of rotatable bonds is 6. The summed E-state index contributed by atoms with van der Waals surface area (Å²) in [6, 6.07) is 0.250. The van der Waals surface area contributed by atoms with Crippen LogP contribution in [0, 0.1) is 67.3 Å². The molecule has 0 aromatic carbocycles. The molecule has 116 valence electrons. The smallest absolute Gasteiger partial charge is 0.446 e. The van der Waals surface area contributed by atoms with E-state index in [2.05, 4.69) is 40.1 Å². The largest absolute Gasteiger partial charge is 2.00 e. The number of nitrogens with one attached hydrogen (secondary N) is 1. The van der Waals surface area contributed by atoms with Crippen molar-refractivity contribution in [3.63, 3.8) is 0 Å². The first-order chi connectivity index (χ1) is 7.16. The first kappa shape index (κ1) is 24.1. The monoisotopic (exact) mass is 416 g/mol. The van der Waals surface area contributed by atoms with Gasteiger partial charge in [-0.1, -0.05) is 6.92 Å². The molecule has 4 heteroatoms. The van der Waals surface area contributed by atoms with E-state index in [-0.39, 0.29) is 71.7 Å². The maximum Gasteiger partial charge on any atom is 2.00 e. The third-order valence-electron chi connectivity index (χ3n) is 4.12. The molecule has 3 nitrogen and oxygen atoms in total. The fourth-order valence-electron chi connectivity index (χ4n) is 1.84. The molecule has 0 aliphatic carbocycles. The van der Waals surface area contributed by atoms with E-state index in [1.54, 1.807) is 6.92 Å². The molecule has 3 atom stereocenters. The van der Waals surface area contributed by atoms with Crippen LogP contribution in [0.15, 0.2) is 0 Å². The zero-order valence-electron chi connectivity index (χ0n) is 13.1. The summed E-state index contributed by atoms with van der Waals surface area (Å²) in [4.78, 5) is 13.3. The summed E-state index contributed by atoms with van der Waals surface area (Å²) >= 11 is 0. The van der Waals surface area contributed by atoms with Gasteiger partial charge in [-0.2, -0.15) is 0 Å². The van der Waals surface area contributed by atoms with Crippen LogP contribution in [0.25, 0.3) is 0 Å². The Morgan fingerprint density at radius 3 is 1.94 bits per heavy atom. The van der Waals surface area contributed by atoms with Crippen LogP contribution in [-0.2, 0) is 4.79 Å². The summed E-state index contributed by atoms with van der Waals surface area (Å²) in [5, 5.41) is 3.25. The van der Waals surface area contributed by atoms with E-state index in [0.29, 0.717) is 12.0 Å². The summed E-state index contributed by atoms with van der Waals surface area (Å²) in [7, 11) is 6.01. The van der Waals surface area contributed by atoms with Crippen molar-refractivity contribution in [3.8, 4) is 0 Å².